The van der Waals surface area contributed by atoms with Gasteiger partial charge in [-0.15, -0.1) is 0 Å². The molecule has 0 spiro atoms. The monoisotopic (exact) mass is 267 g/mol. The van der Waals surface area contributed by atoms with E-state index in [2.05, 4.69) is 9.47 Å². The van der Waals surface area contributed by atoms with Crippen LogP contribution in [-0.4, -0.2) is 25.5 Å². The number of anilines is 1. The van der Waals surface area contributed by atoms with Gasteiger partial charge in [-0.3, -0.25) is 0 Å². The average molecular weight is 267 g/mol. The SMILES string of the molecule is Nc1cc(F)cc(C(=O)OCOCC(F)(F)F)c1. The zero-order valence-corrected chi connectivity index (χ0v) is 8.96. The molecule has 0 aliphatic carbocycles. The topological polar surface area (TPSA) is 61.6 Å². The van der Waals surface area contributed by atoms with Crippen molar-refractivity contribution in [2.75, 3.05) is 19.1 Å². The molecule has 100 valence electrons. The number of alkyl halides is 3. The van der Waals surface area contributed by atoms with E-state index in [1.54, 1.807) is 0 Å². The Morgan fingerprint density at radius 3 is 2.50 bits per heavy atom. The second-order valence-corrected chi connectivity index (χ2v) is 3.29. The molecule has 0 bridgehead atoms. The first-order chi connectivity index (χ1) is 8.28. The molecule has 0 amide bonds. The van der Waals surface area contributed by atoms with Crippen molar-refractivity contribution >= 4 is 11.7 Å². The van der Waals surface area contributed by atoms with Crippen molar-refractivity contribution in [1.82, 2.24) is 0 Å². The van der Waals surface area contributed by atoms with E-state index >= 15 is 0 Å². The number of hydrogen-bond acceptors (Lipinski definition) is 4. The van der Waals surface area contributed by atoms with Crippen molar-refractivity contribution in [1.29, 1.82) is 0 Å². The van der Waals surface area contributed by atoms with Crippen LogP contribution in [0.2, 0.25) is 0 Å². The molecule has 0 heterocycles. The third-order valence-electron chi connectivity index (χ3n) is 1.69. The number of benzene rings is 1. The fraction of sp³-hybridized carbons (Fsp3) is 0.300. The van der Waals surface area contributed by atoms with E-state index in [4.69, 9.17) is 5.73 Å². The van der Waals surface area contributed by atoms with Crippen LogP contribution >= 0.6 is 0 Å². The number of rotatable bonds is 4. The number of halogens is 4. The number of carbonyl (C=O) groups excluding carboxylic acids is 1. The Kier molecular flexibility index (Phi) is 4.49. The summed E-state index contributed by atoms with van der Waals surface area (Å²) in [6.07, 6.45) is -4.50. The Morgan fingerprint density at radius 2 is 1.94 bits per heavy atom. The summed E-state index contributed by atoms with van der Waals surface area (Å²) in [5, 5.41) is 0. The van der Waals surface area contributed by atoms with Gasteiger partial charge in [-0.2, -0.15) is 13.2 Å². The fourth-order valence-electron chi connectivity index (χ4n) is 1.07. The number of esters is 1. The second-order valence-electron chi connectivity index (χ2n) is 3.29. The van der Waals surface area contributed by atoms with Crippen LogP contribution in [0.4, 0.5) is 23.2 Å². The minimum Gasteiger partial charge on any atom is -0.435 e. The Labute approximate surface area is 99.3 Å². The quantitative estimate of drug-likeness (QED) is 0.298. The van der Waals surface area contributed by atoms with Gasteiger partial charge in [0.2, 0.25) is 0 Å². The van der Waals surface area contributed by atoms with E-state index in [0.29, 0.717) is 0 Å². The van der Waals surface area contributed by atoms with Crippen molar-refractivity contribution in [3.05, 3.63) is 29.6 Å². The summed E-state index contributed by atoms with van der Waals surface area (Å²) in [6, 6.07) is 2.97. The molecule has 18 heavy (non-hydrogen) atoms. The number of nitrogens with two attached hydrogens (primary N) is 1. The highest BCUT2D eigenvalue weighted by molar-refractivity contribution is 5.90. The minimum atomic E-state index is -4.50. The van der Waals surface area contributed by atoms with Gasteiger partial charge in [-0.1, -0.05) is 0 Å². The van der Waals surface area contributed by atoms with Gasteiger partial charge in [0.1, 0.15) is 12.4 Å². The molecule has 2 N–H and O–H groups in total. The van der Waals surface area contributed by atoms with E-state index in [-0.39, 0.29) is 11.3 Å². The lowest BCUT2D eigenvalue weighted by Gasteiger charge is -2.08. The predicted octanol–water partition coefficient (Wildman–Crippen LogP) is 2.10. The largest absolute Gasteiger partial charge is 0.435 e. The molecule has 1 aromatic carbocycles. The summed E-state index contributed by atoms with van der Waals surface area (Å²) >= 11 is 0. The highest BCUT2D eigenvalue weighted by Gasteiger charge is 2.27. The molecular formula is C10H9F4NO3. The van der Waals surface area contributed by atoms with Gasteiger partial charge < -0.3 is 15.2 Å². The van der Waals surface area contributed by atoms with Gasteiger partial charge in [-0.25, -0.2) is 9.18 Å². The first kappa shape index (κ1) is 14.2. The van der Waals surface area contributed by atoms with Crippen LogP contribution in [0.25, 0.3) is 0 Å². The maximum absolute atomic E-state index is 12.9. The number of hydrogen-bond donors (Lipinski definition) is 1. The maximum Gasteiger partial charge on any atom is 0.411 e. The van der Waals surface area contributed by atoms with Crippen LogP contribution in [0.1, 0.15) is 10.4 Å². The Morgan fingerprint density at radius 1 is 1.28 bits per heavy atom. The smallest absolute Gasteiger partial charge is 0.411 e. The van der Waals surface area contributed by atoms with Gasteiger partial charge in [0.05, 0.1) is 5.56 Å². The molecule has 1 rings (SSSR count). The lowest BCUT2D eigenvalue weighted by molar-refractivity contribution is -0.190. The highest BCUT2D eigenvalue weighted by Crippen LogP contribution is 2.15. The molecule has 8 heteroatoms. The molecular weight excluding hydrogens is 258 g/mol. The van der Waals surface area contributed by atoms with Crippen LogP contribution in [0.15, 0.2) is 18.2 Å². The molecule has 0 saturated carbocycles. The summed E-state index contributed by atoms with van der Waals surface area (Å²) in [6.45, 7) is -2.42. The zero-order valence-electron chi connectivity index (χ0n) is 8.96. The summed E-state index contributed by atoms with van der Waals surface area (Å²) < 4.78 is 56.3. The summed E-state index contributed by atoms with van der Waals surface area (Å²) in [5.74, 6) is -1.78. The predicted molar refractivity (Wildman–Crippen MR) is 53.1 cm³/mol. The number of nitrogen functional groups attached to an aromatic ring is 1. The Bertz CT molecular complexity index is 413. The molecule has 0 unspecified atom stereocenters. The van der Waals surface area contributed by atoms with E-state index in [1.807, 2.05) is 0 Å². The third kappa shape index (κ3) is 5.00. The maximum atomic E-state index is 12.9. The second kappa shape index (κ2) is 5.67. The van der Waals surface area contributed by atoms with Crippen LogP contribution in [0, 0.1) is 5.82 Å². The van der Waals surface area contributed by atoms with Crippen molar-refractivity contribution in [3.8, 4) is 0 Å². The van der Waals surface area contributed by atoms with Crippen molar-refractivity contribution in [2.45, 2.75) is 6.18 Å². The van der Waals surface area contributed by atoms with Gasteiger partial charge >= 0.3 is 12.1 Å². The van der Waals surface area contributed by atoms with Crippen LogP contribution in [-0.2, 0) is 9.47 Å². The molecule has 4 nitrogen and oxygen atoms in total. The van der Waals surface area contributed by atoms with Gasteiger partial charge in [-0.05, 0) is 18.2 Å². The zero-order chi connectivity index (χ0) is 13.8. The molecule has 0 aromatic heterocycles. The minimum absolute atomic E-state index is 0.00170. The first-order valence-electron chi connectivity index (χ1n) is 4.65. The fourth-order valence-corrected chi connectivity index (χ4v) is 1.07. The Hall–Kier alpha value is -1.83. The summed E-state index contributed by atoms with van der Waals surface area (Å²) in [7, 11) is 0. The van der Waals surface area contributed by atoms with E-state index in [0.717, 1.165) is 18.2 Å². The summed E-state index contributed by atoms with van der Waals surface area (Å²) in [4.78, 5) is 11.3. The lowest BCUT2D eigenvalue weighted by atomic mass is 10.2. The normalized spacial score (nSPS) is 11.3. The lowest BCUT2D eigenvalue weighted by Crippen LogP contribution is -2.19. The van der Waals surface area contributed by atoms with Crippen molar-refractivity contribution < 1.29 is 31.8 Å². The van der Waals surface area contributed by atoms with E-state index in [1.165, 1.54) is 0 Å². The first-order valence-corrected chi connectivity index (χ1v) is 4.65. The van der Waals surface area contributed by atoms with Crippen LogP contribution in [0.5, 0.6) is 0 Å². The van der Waals surface area contributed by atoms with E-state index in [9.17, 15) is 22.4 Å². The van der Waals surface area contributed by atoms with Crippen LogP contribution in [0.3, 0.4) is 0 Å². The molecule has 0 saturated heterocycles. The van der Waals surface area contributed by atoms with Gasteiger partial charge in [0, 0.05) is 5.69 Å². The Balaban J connectivity index is 2.46. The molecule has 1 aromatic rings. The summed E-state index contributed by atoms with van der Waals surface area (Å²) in [5.41, 5.74) is 5.07. The standard InChI is InChI=1S/C10H9F4NO3/c11-7-1-6(2-8(15)3-7)9(16)18-5-17-4-10(12,13)14/h1-3H,4-5,15H2. The number of ether oxygens (including phenoxy) is 2. The molecule has 0 fully saturated rings. The highest BCUT2D eigenvalue weighted by atomic mass is 19.4. The molecule has 0 atom stereocenters. The van der Waals surface area contributed by atoms with Crippen LogP contribution < -0.4 is 5.73 Å². The van der Waals surface area contributed by atoms with Crippen molar-refractivity contribution in [3.63, 3.8) is 0 Å². The number of carbonyl (C=O) groups is 1. The molecule has 0 aliphatic heterocycles. The average Bonchev–Trinajstić information content (AvgIpc) is 2.21. The molecule has 0 aliphatic rings. The third-order valence-corrected chi connectivity index (χ3v) is 1.69. The van der Waals surface area contributed by atoms with E-state index < -0.39 is 31.4 Å². The van der Waals surface area contributed by atoms with Gasteiger partial charge in [0.15, 0.2) is 6.79 Å². The molecule has 0 radical (unpaired) electrons. The van der Waals surface area contributed by atoms with Crippen molar-refractivity contribution in [2.24, 2.45) is 0 Å². The van der Waals surface area contributed by atoms with Gasteiger partial charge in [0.25, 0.3) is 0 Å².